The second kappa shape index (κ2) is 4.79. The summed E-state index contributed by atoms with van der Waals surface area (Å²) in [6.07, 6.45) is 8.41. The summed E-state index contributed by atoms with van der Waals surface area (Å²) >= 11 is 0. The van der Waals surface area contributed by atoms with E-state index in [-0.39, 0.29) is 5.91 Å². The van der Waals surface area contributed by atoms with Gasteiger partial charge in [0.1, 0.15) is 6.04 Å². The molecule has 0 aromatic carbocycles. The molecule has 0 bridgehead atoms. The van der Waals surface area contributed by atoms with Crippen molar-refractivity contribution in [2.45, 2.75) is 45.1 Å². The van der Waals surface area contributed by atoms with Gasteiger partial charge >= 0.3 is 0 Å². The van der Waals surface area contributed by atoms with Gasteiger partial charge in [0.05, 0.1) is 6.54 Å². The summed E-state index contributed by atoms with van der Waals surface area (Å²) in [6.45, 7) is 3.82. The van der Waals surface area contributed by atoms with Gasteiger partial charge in [-0.25, -0.2) is 0 Å². The molecule has 3 heteroatoms. The van der Waals surface area contributed by atoms with Crippen LogP contribution < -0.4 is 5.32 Å². The van der Waals surface area contributed by atoms with Crippen molar-refractivity contribution in [3.05, 3.63) is 11.8 Å². The van der Waals surface area contributed by atoms with E-state index < -0.39 is 0 Å². The van der Waals surface area contributed by atoms with E-state index in [1.807, 2.05) is 4.90 Å². The fourth-order valence-electron chi connectivity index (χ4n) is 2.59. The monoisotopic (exact) mass is 209 g/mol. The molecule has 2 N–H and O–H groups in total. The van der Waals surface area contributed by atoms with Gasteiger partial charge in [-0.05, 0) is 25.7 Å². The average Bonchev–Trinajstić information content (AvgIpc) is 2.30. The second-order valence-electron chi connectivity index (χ2n) is 4.65. The molecule has 0 aromatic heterocycles. The summed E-state index contributed by atoms with van der Waals surface area (Å²) in [6, 6.07) is 0.654. The number of nitrogens with two attached hydrogens (primary N) is 1. The van der Waals surface area contributed by atoms with Crippen LogP contribution in [-0.4, -0.2) is 29.9 Å². The van der Waals surface area contributed by atoms with Crippen molar-refractivity contribution in [1.82, 2.24) is 4.90 Å². The Morgan fingerprint density at radius 3 is 3.00 bits per heavy atom. The van der Waals surface area contributed by atoms with Crippen molar-refractivity contribution >= 4 is 5.91 Å². The van der Waals surface area contributed by atoms with Crippen molar-refractivity contribution < 1.29 is 10.1 Å². The Balaban J connectivity index is 2.03. The van der Waals surface area contributed by atoms with Crippen molar-refractivity contribution in [1.29, 1.82) is 0 Å². The first-order valence-corrected chi connectivity index (χ1v) is 6.08. The number of hydrogen-bond acceptors (Lipinski definition) is 1. The highest BCUT2D eigenvalue weighted by Crippen LogP contribution is 2.20. The topological polar surface area (TPSA) is 36.9 Å². The summed E-state index contributed by atoms with van der Waals surface area (Å²) in [5, 5.41) is 2.44. The van der Waals surface area contributed by atoms with Gasteiger partial charge < -0.3 is 10.2 Å². The molecule has 84 valence electrons. The smallest absolute Gasteiger partial charge is 0.223 e. The lowest BCUT2D eigenvalue weighted by atomic mass is 9.93. The number of quaternary nitrogens is 1. The van der Waals surface area contributed by atoms with E-state index in [1.54, 1.807) is 6.92 Å². The normalized spacial score (nSPS) is 27.4. The molecule has 1 fully saturated rings. The molecule has 2 heterocycles. The highest BCUT2D eigenvalue weighted by Gasteiger charge is 2.24. The summed E-state index contributed by atoms with van der Waals surface area (Å²) in [7, 11) is 0. The van der Waals surface area contributed by atoms with Crippen LogP contribution in [-0.2, 0) is 4.79 Å². The van der Waals surface area contributed by atoms with E-state index in [9.17, 15) is 4.79 Å². The molecule has 0 aliphatic carbocycles. The largest absolute Gasteiger partial charge is 0.340 e. The quantitative estimate of drug-likeness (QED) is 0.675. The highest BCUT2D eigenvalue weighted by molar-refractivity contribution is 5.74. The Labute approximate surface area is 91.5 Å². The predicted octanol–water partition coefficient (Wildman–Crippen LogP) is 0.628. The first kappa shape index (κ1) is 10.7. The maximum absolute atomic E-state index is 11.3. The zero-order chi connectivity index (χ0) is 10.7. The fraction of sp³-hybridized carbons (Fsp3) is 0.750. The zero-order valence-corrected chi connectivity index (χ0v) is 9.54. The maximum atomic E-state index is 11.3. The Kier molecular flexibility index (Phi) is 3.41. The van der Waals surface area contributed by atoms with Crippen LogP contribution in [0.1, 0.15) is 39.0 Å². The van der Waals surface area contributed by atoms with Gasteiger partial charge in [0.2, 0.25) is 5.91 Å². The molecular formula is C12H21N2O+. The van der Waals surface area contributed by atoms with Crippen LogP contribution in [0.3, 0.4) is 0 Å². The van der Waals surface area contributed by atoms with Gasteiger partial charge in [-0.3, -0.25) is 4.79 Å². The molecule has 0 unspecified atom stereocenters. The fourth-order valence-corrected chi connectivity index (χ4v) is 2.59. The van der Waals surface area contributed by atoms with Crippen LogP contribution in [0.4, 0.5) is 0 Å². The van der Waals surface area contributed by atoms with Crippen molar-refractivity contribution in [2.75, 3.05) is 13.1 Å². The molecular weight excluding hydrogens is 188 g/mol. The van der Waals surface area contributed by atoms with E-state index in [1.165, 1.54) is 37.8 Å². The zero-order valence-electron chi connectivity index (χ0n) is 9.54. The number of carbonyl (C=O) groups excluding carboxylic acids is 1. The lowest BCUT2D eigenvalue weighted by Crippen LogP contribution is -2.91. The highest BCUT2D eigenvalue weighted by atomic mass is 16.2. The Morgan fingerprint density at radius 2 is 2.33 bits per heavy atom. The van der Waals surface area contributed by atoms with Gasteiger partial charge in [0, 0.05) is 31.7 Å². The first-order chi connectivity index (χ1) is 7.27. The van der Waals surface area contributed by atoms with Gasteiger partial charge in [-0.15, -0.1) is 0 Å². The van der Waals surface area contributed by atoms with Crippen molar-refractivity contribution in [2.24, 2.45) is 0 Å². The molecule has 0 spiro atoms. The number of rotatable bonds is 1. The maximum Gasteiger partial charge on any atom is 0.223 e. The van der Waals surface area contributed by atoms with E-state index in [0.717, 1.165) is 13.0 Å². The summed E-state index contributed by atoms with van der Waals surface area (Å²) in [5.41, 5.74) is 1.48. The van der Waals surface area contributed by atoms with Gasteiger partial charge in [-0.2, -0.15) is 0 Å². The van der Waals surface area contributed by atoms with E-state index in [0.29, 0.717) is 6.04 Å². The Morgan fingerprint density at radius 1 is 1.47 bits per heavy atom. The molecule has 3 nitrogen and oxygen atoms in total. The SMILES string of the molecule is CC(=O)N1C=C([C@@H]2CCCC[NH2+]2)CCC1. The molecule has 1 saturated heterocycles. The van der Waals surface area contributed by atoms with Crippen LogP contribution in [0.15, 0.2) is 11.8 Å². The lowest BCUT2D eigenvalue weighted by molar-refractivity contribution is -0.689. The molecule has 0 saturated carbocycles. The van der Waals surface area contributed by atoms with E-state index >= 15 is 0 Å². The predicted molar refractivity (Wildman–Crippen MR) is 59.1 cm³/mol. The average molecular weight is 209 g/mol. The summed E-state index contributed by atoms with van der Waals surface area (Å²) in [4.78, 5) is 13.2. The number of hydrogen-bond donors (Lipinski definition) is 1. The Bertz CT molecular complexity index is 267. The molecule has 1 atom stereocenters. The van der Waals surface area contributed by atoms with Crippen LogP contribution in [0.25, 0.3) is 0 Å². The summed E-state index contributed by atoms with van der Waals surface area (Å²) in [5.74, 6) is 0.183. The lowest BCUT2D eigenvalue weighted by Gasteiger charge is -2.29. The van der Waals surface area contributed by atoms with Crippen LogP contribution >= 0.6 is 0 Å². The Hall–Kier alpha value is -0.830. The summed E-state index contributed by atoms with van der Waals surface area (Å²) < 4.78 is 0. The van der Waals surface area contributed by atoms with Gasteiger partial charge in [0.15, 0.2) is 0 Å². The van der Waals surface area contributed by atoms with Gasteiger partial charge in [-0.1, -0.05) is 0 Å². The number of nitrogens with zero attached hydrogens (tertiary/aromatic N) is 1. The van der Waals surface area contributed by atoms with Crippen molar-refractivity contribution in [3.8, 4) is 0 Å². The molecule has 0 radical (unpaired) electrons. The van der Waals surface area contributed by atoms with Crippen LogP contribution in [0, 0.1) is 0 Å². The third-order valence-electron chi connectivity index (χ3n) is 3.49. The number of piperidine rings is 1. The number of carbonyl (C=O) groups is 1. The minimum atomic E-state index is 0.183. The van der Waals surface area contributed by atoms with Gasteiger partial charge in [0.25, 0.3) is 0 Å². The van der Waals surface area contributed by atoms with Crippen molar-refractivity contribution in [3.63, 3.8) is 0 Å². The third kappa shape index (κ3) is 2.59. The minimum Gasteiger partial charge on any atom is -0.340 e. The standard InChI is InChI=1S/C12H20N2O/c1-10(15)14-8-4-5-11(9-14)12-6-2-3-7-13-12/h9,12-13H,2-8H2,1H3/p+1/t12-/m0/s1. The molecule has 2 aliphatic heterocycles. The van der Waals surface area contributed by atoms with Crippen LogP contribution in [0.5, 0.6) is 0 Å². The molecule has 2 rings (SSSR count). The second-order valence-corrected chi connectivity index (χ2v) is 4.65. The third-order valence-corrected chi connectivity index (χ3v) is 3.49. The molecule has 1 amide bonds. The van der Waals surface area contributed by atoms with Crippen LogP contribution in [0.2, 0.25) is 0 Å². The van der Waals surface area contributed by atoms with E-state index in [2.05, 4.69) is 11.5 Å². The number of amides is 1. The van der Waals surface area contributed by atoms with E-state index in [4.69, 9.17) is 0 Å². The molecule has 15 heavy (non-hydrogen) atoms. The minimum absolute atomic E-state index is 0.183. The first-order valence-electron chi connectivity index (χ1n) is 6.08. The molecule has 2 aliphatic rings. The molecule has 0 aromatic rings.